The first-order chi connectivity index (χ1) is 10.0. The highest BCUT2D eigenvalue weighted by molar-refractivity contribution is 5.42. The molecule has 0 radical (unpaired) electrons. The summed E-state index contributed by atoms with van der Waals surface area (Å²) in [6.45, 7) is 2.25. The van der Waals surface area contributed by atoms with Crippen molar-refractivity contribution < 1.29 is 14.8 Å². The Hall–Kier alpha value is -2.41. The minimum Gasteiger partial charge on any atom is -0.496 e. The number of nitrogens with zero attached hydrogens (tertiary/aromatic N) is 3. The van der Waals surface area contributed by atoms with E-state index in [-0.39, 0.29) is 5.69 Å². The van der Waals surface area contributed by atoms with E-state index in [1.165, 1.54) is 19.2 Å². The third kappa shape index (κ3) is 3.57. The quantitative estimate of drug-likeness (QED) is 0.651. The van der Waals surface area contributed by atoms with Gasteiger partial charge in [-0.1, -0.05) is 6.92 Å². The monoisotopic (exact) mass is 291 g/mol. The minimum atomic E-state index is -0.543. The SMILES string of the molecule is CCC(O)c1cnn(Cc2cc(OC)cc([N+](=O)[O-])c2)c1. The van der Waals surface area contributed by atoms with Gasteiger partial charge in [-0.3, -0.25) is 14.8 Å². The molecule has 0 spiro atoms. The third-order valence-electron chi connectivity index (χ3n) is 3.17. The Kier molecular flexibility index (Phi) is 4.54. The summed E-state index contributed by atoms with van der Waals surface area (Å²) in [5.41, 5.74) is 1.42. The summed E-state index contributed by atoms with van der Waals surface area (Å²) in [4.78, 5) is 10.4. The van der Waals surface area contributed by atoms with Crippen molar-refractivity contribution in [3.8, 4) is 5.75 Å². The summed E-state index contributed by atoms with van der Waals surface area (Å²) in [5, 5.41) is 24.8. The second-order valence-electron chi connectivity index (χ2n) is 4.69. The fourth-order valence-electron chi connectivity index (χ4n) is 2.02. The summed E-state index contributed by atoms with van der Waals surface area (Å²) in [6.07, 6.45) is 3.40. The van der Waals surface area contributed by atoms with Crippen molar-refractivity contribution >= 4 is 5.69 Å². The first-order valence-corrected chi connectivity index (χ1v) is 6.56. The van der Waals surface area contributed by atoms with Crippen LogP contribution in [0.15, 0.2) is 30.6 Å². The largest absolute Gasteiger partial charge is 0.496 e. The average Bonchev–Trinajstić information content (AvgIpc) is 2.94. The van der Waals surface area contributed by atoms with Crippen LogP contribution in [-0.2, 0) is 6.54 Å². The van der Waals surface area contributed by atoms with Crippen molar-refractivity contribution in [3.63, 3.8) is 0 Å². The van der Waals surface area contributed by atoms with Gasteiger partial charge in [-0.2, -0.15) is 5.10 Å². The van der Waals surface area contributed by atoms with Gasteiger partial charge >= 0.3 is 0 Å². The molecule has 1 heterocycles. The van der Waals surface area contributed by atoms with Crippen LogP contribution < -0.4 is 4.74 Å². The van der Waals surface area contributed by atoms with Gasteiger partial charge in [0.2, 0.25) is 0 Å². The summed E-state index contributed by atoms with van der Waals surface area (Å²) in [5.74, 6) is 0.431. The van der Waals surface area contributed by atoms with E-state index in [1.54, 1.807) is 23.1 Å². The number of nitro benzene ring substituents is 1. The molecule has 2 rings (SSSR count). The van der Waals surface area contributed by atoms with Crippen LogP contribution >= 0.6 is 0 Å². The number of hydrogen-bond donors (Lipinski definition) is 1. The molecular weight excluding hydrogens is 274 g/mol. The molecule has 1 unspecified atom stereocenters. The maximum atomic E-state index is 10.9. The summed E-state index contributed by atoms with van der Waals surface area (Å²) in [6, 6.07) is 4.59. The van der Waals surface area contributed by atoms with Crippen LogP contribution in [0, 0.1) is 10.1 Å². The standard InChI is InChI=1S/C14H17N3O4/c1-3-14(18)11-7-15-16(9-11)8-10-4-12(17(19)20)6-13(5-10)21-2/h4-7,9,14,18H,3,8H2,1-2H3. The van der Waals surface area contributed by atoms with Gasteiger partial charge in [0.25, 0.3) is 5.69 Å². The molecule has 112 valence electrons. The van der Waals surface area contributed by atoms with Crippen molar-refractivity contribution in [1.82, 2.24) is 9.78 Å². The van der Waals surface area contributed by atoms with E-state index in [9.17, 15) is 15.2 Å². The van der Waals surface area contributed by atoms with Crippen LogP contribution in [0.1, 0.15) is 30.6 Å². The Morgan fingerprint density at radius 2 is 2.24 bits per heavy atom. The number of ether oxygens (including phenoxy) is 1. The summed E-state index contributed by atoms with van der Waals surface area (Å²) >= 11 is 0. The van der Waals surface area contributed by atoms with Crippen LogP contribution in [0.2, 0.25) is 0 Å². The number of aliphatic hydroxyl groups excluding tert-OH is 1. The van der Waals surface area contributed by atoms with E-state index < -0.39 is 11.0 Å². The molecule has 1 atom stereocenters. The topological polar surface area (TPSA) is 90.4 Å². The van der Waals surface area contributed by atoms with E-state index in [2.05, 4.69) is 5.10 Å². The van der Waals surface area contributed by atoms with Crippen molar-refractivity contribution in [3.05, 3.63) is 51.8 Å². The highest BCUT2D eigenvalue weighted by Gasteiger charge is 2.12. The van der Waals surface area contributed by atoms with Gasteiger partial charge in [0.15, 0.2) is 0 Å². The number of hydrogen-bond acceptors (Lipinski definition) is 5. The van der Waals surface area contributed by atoms with Crippen LogP contribution in [0.3, 0.4) is 0 Å². The lowest BCUT2D eigenvalue weighted by atomic mass is 10.1. The van der Waals surface area contributed by atoms with Crippen LogP contribution in [0.5, 0.6) is 5.75 Å². The third-order valence-corrected chi connectivity index (χ3v) is 3.17. The fourth-order valence-corrected chi connectivity index (χ4v) is 2.02. The second kappa shape index (κ2) is 6.36. The van der Waals surface area contributed by atoms with Gasteiger partial charge in [-0.15, -0.1) is 0 Å². The fraction of sp³-hybridized carbons (Fsp3) is 0.357. The lowest BCUT2D eigenvalue weighted by molar-refractivity contribution is -0.385. The van der Waals surface area contributed by atoms with E-state index in [1.807, 2.05) is 6.92 Å². The Morgan fingerprint density at radius 3 is 2.86 bits per heavy atom. The molecule has 0 saturated heterocycles. The number of nitro groups is 1. The lowest BCUT2D eigenvalue weighted by Crippen LogP contribution is -2.02. The number of methoxy groups -OCH3 is 1. The zero-order chi connectivity index (χ0) is 15.4. The maximum absolute atomic E-state index is 10.9. The van der Waals surface area contributed by atoms with Crippen LogP contribution in [0.25, 0.3) is 0 Å². The van der Waals surface area contributed by atoms with Gasteiger partial charge in [0, 0.05) is 17.8 Å². The highest BCUT2D eigenvalue weighted by atomic mass is 16.6. The van der Waals surface area contributed by atoms with E-state index in [4.69, 9.17) is 4.74 Å². The smallest absolute Gasteiger partial charge is 0.273 e. The predicted octanol–water partition coefficient (Wildman–Crippen LogP) is 2.29. The number of aromatic nitrogens is 2. The maximum Gasteiger partial charge on any atom is 0.273 e. The normalized spacial score (nSPS) is 12.1. The molecule has 0 saturated carbocycles. The van der Waals surface area contributed by atoms with Crippen LogP contribution in [-0.4, -0.2) is 26.9 Å². The van der Waals surface area contributed by atoms with Crippen molar-refractivity contribution in [2.24, 2.45) is 0 Å². The van der Waals surface area contributed by atoms with Crippen molar-refractivity contribution in [1.29, 1.82) is 0 Å². The molecule has 7 heteroatoms. The molecule has 1 aromatic carbocycles. The van der Waals surface area contributed by atoms with Gasteiger partial charge in [0.1, 0.15) is 5.75 Å². The molecule has 1 aromatic heterocycles. The van der Waals surface area contributed by atoms with Crippen molar-refractivity contribution in [2.45, 2.75) is 26.0 Å². The number of non-ortho nitro benzene ring substituents is 1. The Bertz CT molecular complexity index is 639. The first-order valence-electron chi connectivity index (χ1n) is 6.56. The Balaban J connectivity index is 2.24. The molecule has 1 N–H and O–H groups in total. The Labute approximate surface area is 121 Å². The molecule has 0 bridgehead atoms. The second-order valence-corrected chi connectivity index (χ2v) is 4.69. The molecule has 21 heavy (non-hydrogen) atoms. The van der Waals surface area contributed by atoms with E-state index in [0.29, 0.717) is 24.3 Å². The molecule has 0 fully saturated rings. The van der Waals surface area contributed by atoms with Gasteiger partial charge in [0.05, 0.1) is 36.9 Å². The average molecular weight is 291 g/mol. The molecule has 0 aliphatic carbocycles. The number of aliphatic hydroxyl groups is 1. The minimum absolute atomic E-state index is 0.0228. The van der Waals surface area contributed by atoms with Gasteiger partial charge < -0.3 is 9.84 Å². The molecule has 0 aliphatic heterocycles. The van der Waals surface area contributed by atoms with E-state index >= 15 is 0 Å². The van der Waals surface area contributed by atoms with Crippen molar-refractivity contribution in [2.75, 3.05) is 7.11 Å². The number of benzene rings is 1. The zero-order valence-electron chi connectivity index (χ0n) is 11.9. The van der Waals surface area contributed by atoms with Gasteiger partial charge in [-0.05, 0) is 18.1 Å². The summed E-state index contributed by atoms with van der Waals surface area (Å²) < 4.78 is 6.70. The highest BCUT2D eigenvalue weighted by Crippen LogP contribution is 2.23. The molecule has 0 aliphatic rings. The number of rotatable bonds is 6. The first kappa shape index (κ1) is 15.0. The van der Waals surface area contributed by atoms with Gasteiger partial charge in [-0.25, -0.2) is 0 Å². The van der Waals surface area contributed by atoms with E-state index in [0.717, 1.165) is 5.56 Å². The molecular formula is C14H17N3O4. The zero-order valence-corrected chi connectivity index (χ0v) is 11.9. The Morgan fingerprint density at radius 1 is 1.48 bits per heavy atom. The van der Waals surface area contributed by atoms with Crippen LogP contribution in [0.4, 0.5) is 5.69 Å². The lowest BCUT2D eigenvalue weighted by Gasteiger charge is -2.06. The molecule has 2 aromatic rings. The summed E-state index contributed by atoms with van der Waals surface area (Å²) in [7, 11) is 1.46. The molecule has 7 nitrogen and oxygen atoms in total. The molecule has 0 amide bonds. The predicted molar refractivity (Wildman–Crippen MR) is 76.2 cm³/mol.